The van der Waals surface area contributed by atoms with Crippen LogP contribution in [0, 0.1) is 0 Å². The third-order valence-corrected chi connectivity index (χ3v) is 2.70. The van der Waals surface area contributed by atoms with Crippen molar-refractivity contribution in [2.45, 2.75) is 20.3 Å². The molecular weight excluding hydrogens is 228 g/mol. The van der Waals surface area contributed by atoms with Crippen LogP contribution in [0.4, 0.5) is 0 Å². The van der Waals surface area contributed by atoms with E-state index in [1.54, 1.807) is 13.2 Å². The van der Waals surface area contributed by atoms with Crippen LogP contribution in [0.2, 0.25) is 0 Å². The first-order chi connectivity index (χ1) is 8.74. The van der Waals surface area contributed by atoms with Gasteiger partial charge in [0.05, 0.1) is 12.2 Å². The first kappa shape index (κ1) is 14.5. The molecule has 0 radical (unpaired) electrons. The Labute approximate surface area is 108 Å². The Morgan fingerprint density at radius 1 is 1.28 bits per heavy atom. The van der Waals surface area contributed by atoms with Crippen molar-refractivity contribution in [1.29, 1.82) is 0 Å². The summed E-state index contributed by atoms with van der Waals surface area (Å²) in [5.41, 5.74) is 1.42. The first-order valence-corrected chi connectivity index (χ1v) is 6.15. The molecule has 0 fully saturated rings. The number of hydrogen-bond acceptors (Lipinski definition) is 3. The van der Waals surface area contributed by atoms with Gasteiger partial charge in [-0.25, -0.2) is 0 Å². The fraction of sp³-hybridized carbons (Fsp3) is 0.400. The van der Waals surface area contributed by atoms with Gasteiger partial charge in [0.15, 0.2) is 5.78 Å². The van der Waals surface area contributed by atoms with Crippen LogP contribution in [0.25, 0.3) is 0 Å². The van der Waals surface area contributed by atoms with E-state index in [1.807, 2.05) is 38.1 Å². The van der Waals surface area contributed by atoms with E-state index in [1.165, 1.54) is 0 Å². The Morgan fingerprint density at radius 2 is 2.00 bits per heavy atom. The minimum atomic E-state index is 0.0352. The Balaban J connectivity index is 2.91. The number of ketones is 1. The number of methoxy groups -OCH3 is 1. The highest BCUT2D eigenvalue weighted by atomic mass is 16.5. The summed E-state index contributed by atoms with van der Waals surface area (Å²) in [6.45, 7) is 4.80. The summed E-state index contributed by atoms with van der Waals surface area (Å²) in [5, 5.41) is 0. The molecule has 18 heavy (non-hydrogen) atoms. The molecule has 0 N–H and O–H groups in total. The van der Waals surface area contributed by atoms with Gasteiger partial charge in [0, 0.05) is 7.11 Å². The van der Waals surface area contributed by atoms with Crippen LogP contribution >= 0.6 is 0 Å². The summed E-state index contributed by atoms with van der Waals surface area (Å²) < 4.78 is 10.5. The summed E-state index contributed by atoms with van der Waals surface area (Å²) in [5.74, 6) is 0.653. The van der Waals surface area contributed by atoms with Gasteiger partial charge >= 0.3 is 0 Å². The second kappa shape index (κ2) is 7.67. The quantitative estimate of drug-likeness (QED) is 0.422. The molecule has 1 rings (SSSR count). The molecule has 0 unspecified atom stereocenters. The Bertz CT molecular complexity index is 422. The van der Waals surface area contributed by atoms with Gasteiger partial charge in [-0.2, -0.15) is 0 Å². The van der Waals surface area contributed by atoms with Crippen LogP contribution in [0.15, 0.2) is 35.9 Å². The molecule has 0 aromatic heterocycles. The van der Waals surface area contributed by atoms with Crippen molar-refractivity contribution in [2.24, 2.45) is 0 Å². The van der Waals surface area contributed by atoms with E-state index in [4.69, 9.17) is 9.47 Å². The number of ether oxygens (including phenoxy) is 2. The second-order valence-corrected chi connectivity index (χ2v) is 3.83. The maximum Gasteiger partial charge on any atom is 0.192 e. The number of benzene rings is 1. The van der Waals surface area contributed by atoms with E-state index in [-0.39, 0.29) is 5.78 Å². The number of rotatable bonds is 7. The van der Waals surface area contributed by atoms with E-state index >= 15 is 0 Å². The molecule has 0 aliphatic heterocycles. The molecule has 98 valence electrons. The molecule has 0 saturated carbocycles. The van der Waals surface area contributed by atoms with Gasteiger partial charge < -0.3 is 9.47 Å². The fourth-order valence-electron chi connectivity index (χ4n) is 1.68. The Hall–Kier alpha value is -1.61. The van der Waals surface area contributed by atoms with Crippen molar-refractivity contribution >= 4 is 5.78 Å². The molecule has 0 spiro atoms. The smallest absolute Gasteiger partial charge is 0.192 e. The molecule has 3 nitrogen and oxygen atoms in total. The highest BCUT2D eigenvalue weighted by Gasteiger charge is 2.14. The molecule has 0 saturated heterocycles. The minimum absolute atomic E-state index is 0.0352. The zero-order valence-electron chi connectivity index (χ0n) is 11.2. The van der Waals surface area contributed by atoms with Gasteiger partial charge in [0.2, 0.25) is 0 Å². The lowest BCUT2D eigenvalue weighted by Gasteiger charge is -2.11. The molecule has 0 atom stereocenters. The molecule has 0 aliphatic rings. The second-order valence-electron chi connectivity index (χ2n) is 3.83. The molecule has 3 heteroatoms. The SMILES string of the molecule is C/C=C(/CC)C(=O)c1ccccc1OCCOC. The van der Waals surface area contributed by atoms with Crippen molar-refractivity contribution in [3.63, 3.8) is 0 Å². The maximum atomic E-state index is 12.3. The standard InChI is InChI=1S/C15H20O3/c1-4-12(5-2)15(16)13-8-6-7-9-14(13)18-11-10-17-3/h4,6-9H,5,10-11H2,1-3H3/b12-4-. The van der Waals surface area contributed by atoms with Gasteiger partial charge in [0.25, 0.3) is 0 Å². The van der Waals surface area contributed by atoms with Crippen LogP contribution in [-0.2, 0) is 4.74 Å². The van der Waals surface area contributed by atoms with Crippen LogP contribution in [0.3, 0.4) is 0 Å². The van der Waals surface area contributed by atoms with Crippen LogP contribution < -0.4 is 4.74 Å². The number of hydrogen-bond donors (Lipinski definition) is 0. The zero-order chi connectivity index (χ0) is 13.4. The van der Waals surface area contributed by atoms with Crippen molar-refractivity contribution in [3.05, 3.63) is 41.5 Å². The summed E-state index contributed by atoms with van der Waals surface area (Å²) in [6.07, 6.45) is 2.58. The number of Topliss-reactive ketones (excluding diaryl/α,β-unsaturated/α-hetero) is 1. The lowest BCUT2D eigenvalue weighted by molar-refractivity contribution is 0.102. The largest absolute Gasteiger partial charge is 0.490 e. The highest BCUT2D eigenvalue weighted by molar-refractivity contribution is 6.10. The molecule has 0 amide bonds. The highest BCUT2D eigenvalue weighted by Crippen LogP contribution is 2.22. The third kappa shape index (κ3) is 3.70. The summed E-state index contributed by atoms with van der Waals surface area (Å²) in [7, 11) is 1.62. The van der Waals surface area contributed by atoms with E-state index < -0.39 is 0 Å². The predicted molar refractivity (Wildman–Crippen MR) is 72.2 cm³/mol. The molecule has 0 heterocycles. The van der Waals surface area contributed by atoms with Gasteiger partial charge in [-0.05, 0) is 31.1 Å². The Morgan fingerprint density at radius 3 is 2.61 bits per heavy atom. The normalized spacial score (nSPS) is 11.4. The van der Waals surface area contributed by atoms with E-state index in [0.717, 1.165) is 12.0 Å². The molecular formula is C15H20O3. The van der Waals surface area contributed by atoms with Crippen molar-refractivity contribution < 1.29 is 14.3 Å². The minimum Gasteiger partial charge on any atom is -0.490 e. The predicted octanol–water partition coefficient (Wildman–Crippen LogP) is 3.25. The van der Waals surface area contributed by atoms with Gasteiger partial charge in [-0.1, -0.05) is 25.1 Å². The van der Waals surface area contributed by atoms with Gasteiger partial charge in [0.1, 0.15) is 12.4 Å². The first-order valence-electron chi connectivity index (χ1n) is 6.15. The molecule has 0 bridgehead atoms. The van der Waals surface area contributed by atoms with Crippen LogP contribution in [-0.4, -0.2) is 26.1 Å². The van der Waals surface area contributed by atoms with Crippen LogP contribution in [0.1, 0.15) is 30.6 Å². The summed E-state index contributed by atoms with van der Waals surface area (Å²) >= 11 is 0. The fourth-order valence-corrected chi connectivity index (χ4v) is 1.68. The van der Waals surface area contributed by atoms with Crippen molar-refractivity contribution in [3.8, 4) is 5.75 Å². The van der Waals surface area contributed by atoms with Gasteiger partial charge in [-0.3, -0.25) is 4.79 Å². The summed E-state index contributed by atoms with van der Waals surface area (Å²) in [4.78, 5) is 12.3. The lowest BCUT2D eigenvalue weighted by atomic mass is 10.0. The monoisotopic (exact) mass is 248 g/mol. The maximum absolute atomic E-state index is 12.3. The molecule has 1 aromatic rings. The zero-order valence-corrected chi connectivity index (χ0v) is 11.2. The summed E-state index contributed by atoms with van der Waals surface area (Å²) in [6, 6.07) is 7.31. The van der Waals surface area contributed by atoms with Crippen molar-refractivity contribution in [1.82, 2.24) is 0 Å². The average Bonchev–Trinajstić information content (AvgIpc) is 2.41. The topological polar surface area (TPSA) is 35.5 Å². The number of carbonyl (C=O) groups is 1. The molecule has 0 aliphatic carbocycles. The number of carbonyl (C=O) groups excluding carboxylic acids is 1. The van der Waals surface area contributed by atoms with E-state index in [9.17, 15) is 4.79 Å². The number of para-hydroxylation sites is 1. The Kier molecular flexibility index (Phi) is 6.15. The number of allylic oxidation sites excluding steroid dienone is 2. The molecule has 1 aromatic carbocycles. The van der Waals surface area contributed by atoms with E-state index in [0.29, 0.717) is 24.5 Å². The van der Waals surface area contributed by atoms with Crippen LogP contribution in [0.5, 0.6) is 5.75 Å². The third-order valence-electron chi connectivity index (χ3n) is 2.70. The van der Waals surface area contributed by atoms with E-state index in [2.05, 4.69) is 0 Å². The van der Waals surface area contributed by atoms with Gasteiger partial charge in [-0.15, -0.1) is 0 Å². The average molecular weight is 248 g/mol. The van der Waals surface area contributed by atoms with Crippen molar-refractivity contribution in [2.75, 3.05) is 20.3 Å². The lowest BCUT2D eigenvalue weighted by Crippen LogP contribution is -2.09.